The van der Waals surface area contributed by atoms with Crippen molar-refractivity contribution in [1.29, 1.82) is 0 Å². The SMILES string of the molecule is COC(=O)CC1CN(C(=O)c2nc(Cl)ccc2Cl)CCO1. The molecule has 0 radical (unpaired) electrons. The highest BCUT2D eigenvalue weighted by atomic mass is 35.5. The fraction of sp³-hybridized carbons (Fsp3) is 0.462. The molecule has 1 aliphatic heterocycles. The molecule has 6 nitrogen and oxygen atoms in total. The lowest BCUT2D eigenvalue weighted by atomic mass is 10.2. The molecular weight excluding hydrogens is 319 g/mol. The number of esters is 1. The summed E-state index contributed by atoms with van der Waals surface area (Å²) in [6.07, 6.45) is -0.301. The smallest absolute Gasteiger partial charge is 0.308 e. The molecule has 1 aromatic rings. The van der Waals surface area contributed by atoms with Crippen LogP contribution in [0.4, 0.5) is 0 Å². The number of aromatic nitrogens is 1. The minimum atomic E-state index is -0.395. The van der Waals surface area contributed by atoms with Crippen LogP contribution in [-0.2, 0) is 14.3 Å². The normalized spacial score (nSPS) is 18.4. The van der Waals surface area contributed by atoms with E-state index in [9.17, 15) is 9.59 Å². The van der Waals surface area contributed by atoms with Gasteiger partial charge < -0.3 is 14.4 Å². The summed E-state index contributed by atoms with van der Waals surface area (Å²) in [6, 6.07) is 3.04. The first-order chi connectivity index (χ1) is 10.0. The molecule has 0 aromatic carbocycles. The number of morpholine rings is 1. The number of rotatable bonds is 3. The van der Waals surface area contributed by atoms with Gasteiger partial charge in [-0.25, -0.2) is 4.98 Å². The van der Waals surface area contributed by atoms with Crippen molar-refractivity contribution >= 4 is 35.1 Å². The third-order valence-corrected chi connectivity index (χ3v) is 3.58. The average molecular weight is 333 g/mol. The molecule has 114 valence electrons. The fourth-order valence-electron chi connectivity index (χ4n) is 2.01. The molecule has 2 rings (SSSR count). The van der Waals surface area contributed by atoms with E-state index in [1.165, 1.54) is 19.2 Å². The quantitative estimate of drug-likeness (QED) is 0.623. The van der Waals surface area contributed by atoms with Crippen molar-refractivity contribution in [3.05, 3.63) is 28.0 Å². The summed E-state index contributed by atoms with van der Waals surface area (Å²) in [4.78, 5) is 29.2. The molecule has 1 amide bonds. The molecule has 1 aromatic heterocycles. The maximum absolute atomic E-state index is 12.4. The number of carbonyl (C=O) groups excluding carboxylic acids is 2. The van der Waals surface area contributed by atoms with Crippen molar-refractivity contribution in [1.82, 2.24) is 9.88 Å². The largest absolute Gasteiger partial charge is 0.469 e. The average Bonchev–Trinajstić information content (AvgIpc) is 2.49. The number of methoxy groups -OCH3 is 1. The van der Waals surface area contributed by atoms with E-state index in [1.54, 1.807) is 4.90 Å². The van der Waals surface area contributed by atoms with Gasteiger partial charge in [-0.3, -0.25) is 9.59 Å². The summed E-state index contributed by atoms with van der Waals surface area (Å²) < 4.78 is 10.0. The number of carbonyl (C=O) groups is 2. The number of halogens is 2. The van der Waals surface area contributed by atoms with Crippen molar-refractivity contribution in [3.63, 3.8) is 0 Å². The van der Waals surface area contributed by atoms with Crippen LogP contribution in [0, 0.1) is 0 Å². The van der Waals surface area contributed by atoms with E-state index in [1.807, 2.05) is 0 Å². The molecule has 2 heterocycles. The lowest BCUT2D eigenvalue weighted by Crippen LogP contribution is -2.46. The van der Waals surface area contributed by atoms with Gasteiger partial charge in [0.1, 0.15) is 10.8 Å². The van der Waals surface area contributed by atoms with Gasteiger partial charge in [-0.1, -0.05) is 23.2 Å². The highest BCUT2D eigenvalue weighted by Crippen LogP contribution is 2.20. The molecule has 0 spiro atoms. The maximum Gasteiger partial charge on any atom is 0.308 e. The highest BCUT2D eigenvalue weighted by Gasteiger charge is 2.28. The summed E-state index contributed by atoms with van der Waals surface area (Å²) >= 11 is 11.8. The Bertz CT molecular complexity index is 553. The molecule has 8 heteroatoms. The predicted molar refractivity (Wildman–Crippen MR) is 76.5 cm³/mol. The summed E-state index contributed by atoms with van der Waals surface area (Å²) in [5.41, 5.74) is 0.0999. The Labute approximate surface area is 131 Å². The van der Waals surface area contributed by atoms with Crippen LogP contribution in [0.3, 0.4) is 0 Å². The Kier molecular flexibility index (Phi) is 5.39. The maximum atomic E-state index is 12.4. The van der Waals surface area contributed by atoms with Gasteiger partial charge in [0, 0.05) is 13.1 Å². The molecule has 21 heavy (non-hydrogen) atoms. The van der Waals surface area contributed by atoms with E-state index in [-0.39, 0.29) is 40.7 Å². The van der Waals surface area contributed by atoms with Crippen LogP contribution >= 0.6 is 23.2 Å². The van der Waals surface area contributed by atoms with Gasteiger partial charge >= 0.3 is 5.97 Å². The highest BCUT2D eigenvalue weighted by molar-refractivity contribution is 6.34. The Balaban J connectivity index is 2.08. The Morgan fingerprint density at radius 3 is 2.95 bits per heavy atom. The van der Waals surface area contributed by atoms with Gasteiger partial charge in [0.2, 0.25) is 0 Å². The number of ether oxygens (including phenoxy) is 2. The van der Waals surface area contributed by atoms with Crippen molar-refractivity contribution in [3.8, 4) is 0 Å². The lowest BCUT2D eigenvalue weighted by molar-refractivity contribution is -0.145. The standard InChI is InChI=1S/C13H14Cl2N2O4/c1-20-11(18)6-8-7-17(4-5-21-8)13(19)12-9(14)2-3-10(15)16-12/h2-3,8H,4-7H2,1H3. The number of hydrogen-bond donors (Lipinski definition) is 0. The van der Waals surface area contributed by atoms with Gasteiger partial charge in [-0.05, 0) is 12.1 Å². The first-order valence-electron chi connectivity index (χ1n) is 6.31. The fourth-order valence-corrected chi connectivity index (χ4v) is 2.35. The molecular formula is C13H14Cl2N2O4. The van der Waals surface area contributed by atoms with Crippen molar-refractivity contribution < 1.29 is 19.1 Å². The molecule has 0 N–H and O–H groups in total. The summed E-state index contributed by atoms with van der Waals surface area (Å²) in [5, 5.41) is 0.433. The molecule has 1 atom stereocenters. The minimum absolute atomic E-state index is 0.0942. The number of hydrogen-bond acceptors (Lipinski definition) is 5. The number of amides is 1. The van der Waals surface area contributed by atoms with Gasteiger partial charge in [-0.15, -0.1) is 0 Å². The van der Waals surface area contributed by atoms with E-state index in [0.29, 0.717) is 13.2 Å². The topological polar surface area (TPSA) is 68.7 Å². The van der Waals surface area contributed by atoms with E-state index >= 15 is 0 Å². The third-order valence-electron chi connectivity index (χ3n) is 3.06. The van der Waals surface area contributed by atoms with Gasteiger partial charge in [0.15, 0.2) is 0 Å². The van der Waals surface area contributed by atoms with Crippen molar-refractivity contribution in [2.75, 3.05) is 26.8 Å². The molecule has 0 aliphatic carbocycles. The Morgan fingerprint density at radius 2 is 2.24 bits per heavy atom. The summed E-state index contributed by atoms with van der Waals surface area (Å²) in [5.74, 6) is -0.714. The van der Waals surface area contributed by atoms with Crippen LogP contribution in [0.15, 0.2) is 12.1 Å². The Morgan fingerprint density at radius 1 is 1.48 bits per heavy atom. The zero-order valence-corrected chi connectivity index (χ0v) is 12.9. The summed E-state index contributed by atoms with van der Waals surface area (Å²) in [6.45, 7) is 1.02. The second-order valence-electron chi connectivity index (χ2n) is 4.49. The molecule has 0 saturated carbocycles. The van der Waals surface area contributed by atoms with Crippen molar-refractivity contribution in [2.45, 2.75) is 12.5 Å². The minimum Gasteiger partial charge on any atom is -0.469 e. The van der Waals surface area contributed by atoms with Gasteiger partial charge in [0.05, 0.1) is 31.3 Å². The predicted octanol–water partition coefficient (Wildman–Crippen LogP) is 1.79. The number of nitrogens with zero attached hydrogens (tertiary/aromatic N) is 2. The monoisotopic (exact) mass is 332 g/mol. The van der Waals surface area contributed by atoms with Crippen LogP contribution in [0.2, 0.25) is 10.2 Å². The first kappa shape index (κ1) is 16.0. The second kappa shape index (κ2) is 7.06. The van der Waals surface area contributed by atoms with E-state index in [2.05, 4.69) is 9.72 Å². The first-order valence-corrected chi connectivity index (χ1v) is 7.06. The van der Waals surface area contributed by atoms with Crippen LogP contribution < -0.4 is 0 Å². The second-order valence-corrected chi connectivity index (χ2v) is 5.28. The molecule has 1 unspecified atom stereocenters. The van der Waals surface area contributed by atoms with Crippen LogP contribution in [0.5, 0.6) is 0 Å². The van der Waals surface area contributed by atoms with Gasteiger partial charge in [0.25, 0.3) is 5.91 Å². The van der Waals surface area contributed by atoms with Gasteiger partial charge in [-0.2, -0.15) is 0 Å². The molecule has 1 saturated heterocycles. The van der Waals surface area contributed by atoms with Crippen LogP contribution in [-0.4, -0.2) is 54.7 Å². The van der Waals surface area contributed by atoms with Crippen LogP contribution in [0.1, 0.15) is 16.9 Å². The van der Waals surface area contributed by atoms with E-state index in [4.69, 9.17) is 27.9 Å². The van der Waals surface area contributed by atoms with E-state index in [0.717, 1.165) is 0 Å². The molecule has 1 aliphatic rings. The third kappa shape index (κ3) is 4.06. The number of pyridine rings is 1. The zero-order chi connectivity index (χ0) is 15.4. The van der Waals surface area contributed by atoms with Crippen LogP contribution in [0.25, 0.3) is 0 Å². The Hall–Kier alpha value is -1.37. The summed E-state index contributed by atoms with van der Waals surface area (Å²) in [7, 11) is 1.31. The van der Waals surface area contributed by atoms with Crippen molar-refractivity contribution in [2.24, 2.45) is 0 Å². The zero-order valence-electron chi connectivity index (χ0n) is 11.3. The molecule has 1 fully saturated rings. The molecule has 0 bridgehead atoms. The lowest BCUT2D eigenvalue weighted by Gasteiger charge is -2.32. The van der Waals surface area contributed by atoms with E-state index < -0.39 is 6.10 Å².